The number of allylic oxidation sites excluding steroid dienone is 7. The zero-order chi connectivity index (χ0) is 20.3. The maximum absolute atomic E-state index is 11.1. The van der Waals surface area contributed by atoms with E-state index in [1.165, 1.54) is 12.2 Å². The monoisotopic (exact) mass is 377 g/mol. The normalized spacial score (nSPS) is 12.8. The summed E-state index contributed by atoms with van der Waals surface area (Å²) in [7, 11) is 0. The fourth-order valence-electron chi connectivity index (χ4n) is 2.33. The Labute approximate surface area is 160 Å². The van der Waals surface area contributed by atoms with Crippen molar-refractivity contribution in [3.05, 3.63) is 68.1 Å². The van der Waals surface area contributed by atoms with Gasteiger partial charge in [-0.1, -0.05) is 44.1 Å². The lowest BCUT2D eigenvalue weighted by molar-refractivity contribution is -0.428. The van der Waals surface area contributed by atoms with Gasteiger partial charge >= 0.3 is 0 Å². The lowest BCUT2D eigenvalue weighted by atomic mass is 10.1. The van der Waals surface area contributed by atoms with Crippen molar-refractivity contribution in [1.29, 1.82) is 0 Å². The molecule has 1 radical (unpaired) electrons. The molecule has 0 N–H and O–H groups in total. The smallest absolute Gasteiger partial charge is 0.246 e. The molecule has 0 aliphatic rings. The Morgan fingerprint density at radius 3 is 2.11 bits per heavy atom. The van der Waals surface area contributed by atoms with E-state index in [0.717, 1.165) is 32.1 Å². The molecule has 0 heterocycles. The first-order chi connectivity index (χ1) is 13.0. The van der Waals surface area contributed by atoms with Crippen LogP contribution in [0.15, 0.2) is 47.9 Å². The third-order valence-electron chi connectivity index (χ3n) is 3.81. The predicted octanol–water partition coefficient (Wildman–Crippen LogP) is 5.45. The molecule has 0 amide bonds. The van der Waals surface area contributed by atoms with Crippen LogP contribution in [0.25, 0.3) is 0 Å². The van der Waals surface area contributed by atoms with Crippen LogP contribution in [-0.2, 0) is 4.79 Å². The zero-order valence-corrected chi connectivity index (χ0v) is 16.0. The maximum Gasteiger partial charge on any atom is 0.246 e. The van der Waals surface area contributed by atoms with Gasteiger partial charge in [0.15, 0.2) is 6.29 Å². The van der Waals surface area contributed by atoms with Crippen LogP contribution in [0, 0.1) is 20.2 Å². The number of nitro groups is 2. The molecule has 0 saturated carbocycles. The maximum atomic E-state index is 11.1. The number of nitrogens with zero attached hydrogens (tertiary/aromatic N) is 2. The number of carbonyl (C=O) groups excluding carboxylic acids is 1. The fourth-order valence-corrected chi connectivity index (χ4v) is 2.33. The molecule has 7 nitrogen and oxygen atoms in total. The summed E-state index contributed by atoms with van der Waals surface area (Å²) in [6.45, 7) is 2.03. The first-order valence-corrected chi connectivity index (χ1v) is 9.34. The van der Waals surface area contributed by atoms with Crippen molar-refractivity contribution < 1.29 is 14.6 Å². The summed E-state index contributed by atoms with van der Waals surface area (Å²) >= 11 is 0. The highest BCUT2D eigenvalue weighted by atomic mass is 16.6. The summed E-state index contributed by atoms with van der Waals surface area (Å²) in [6.07, 6.45) is 18.1. The molecule has 149 valence electrons. The van der Waals surface area contributed by atoms with E-state index in [9.17, 15) is 25.0 Å². The van der Waals surface area contributed by atoms with Gasteiger partial charge in [0, 0.05) is 12.8 Å². The summed E-state index contributed by atoms with van der Waals surface area (Å²) in [4.78, 5) is 31.4. The summed E-state index contributed by atoms with van der Waals surface area (Å²) in [5.74, 6) is 0. The van der Waals surface area contributed by atoms with Crippen molar-refractivity contribution in [3.8, 4) is 0 Å². The average molecular weight is 377 g/mol. The second-order valence-electron chi connectivity index (χ2n) is 5.99. The van der Waals surface area contributed by atoms with Crippen molar-refractivity contribution in [2.45, 2.75) is 71.1 Å². The molecule has 0 aromatic carbocycles. The van der Waals surface area contributed by atoms with Gasteiger partial charge in [-0.15, -0.1) is 0 Å². The topological polar surface area (TPSA) is 103 Å². The van der Waals surface area contributed by atoms with E-state index in [2.05, 4.69) is 0 Å². The van der Waals surface area contributed by atoms with E-state index in [-0.39, 0.29) is 24.2 Å². The van der Waals surface area contributed by atoms with Gasteiger partial charge in [0.25, 0.3) is 0 Å². The molecule has 7 heteroatoms. The van der Waals surface area contributed by atoms with Crippen LogP contribution in [0.4, 0.5) is 0 Å². The molecule has 0 saturated heterocycles. The molecule has 0 aliphatic carbocycles. The first kappa shape index (κ1) is 24.4. The van der Waals surface area contributed by atoms with Crippen LogP contribution in [0.1, 0.15) is 71.1 Å². The second-order valence-corrected chi connectivity index (χ2v) is 5.99. The van der Waals surface area contributed by atoms with Gasteiger partial charge in [-0.3, -0.25) is 25.0 Å². The van der Waals surface area contributed by atoms with Gasteiger partial charge in [0.2, 0.25) is 11.4 Å². The van der Waals surface area contributed by atoms with E-state index in [1.54, 1.807) is 6.08 Å². The molecule has 27 heavy (non-hydrogen) atoms. The first-order valence-electron chi connectivity index (χ1n) is 9.34. The van der Waals surface area contributed by atoms with Crippen molar-refractivity contribution in [2.75, 3.05) is 0 Å². The summed E-state index contributed by atoms with van der Waals surface area (Å²) in [5, 5.41) is 22.2. The Morgan fingerprint density at radius 1 is 0.852 bits per heavy atom. The highest BCUT2D eigenvalue weighted by molar-refractivity contribution is 5.50. The van der Waals surface area contributed by atoms with Crippen molar-refractivity contribution >= 4 is 6.29 Å². The van der Waals surface area contributed by atoms with E-state index in [1.807, 2.05) is 31.4 Å². The van der Waals surface area contributed by atoms with Crippen LogP contribution >= 0.6 is 0 Å². The van der Waals surface area contributed by atoms with Gasteiger partial charge in [-0.25, -0.2) is 0 Å². The predicted molar refractivity (Wildman–Crippen MR) is 106 cm³/mol. The van der Waals surface area contributed by atoms with E-state index < -0.39 is 9.85 Å². The van der Waals surface area contributed by atoms with Crippen LogP contribution < -0.4 is 0 Å². The SMILES string of the molecule is CC/C=C/C/C=C/C/C(=C/C/C=C(/CCCCCC[C]=O)[N+](=O)[O-])[N+](=O)[O-]. The van der Waals surface area contributed by atoms with Gasteiger partial charge in [0.05, 0.1) is 16.3 Å². The van der Waals surface area contributed by atoms with Crippen molar-refractivity contribution in [2.24, 2.45) is 0 Å². The number of hydrogen-bond acceptors (Lipinski definition) is 5. The Bertz CT molecular complexity index is 577. The highest BCUT2D eigenvalue weighted by Gasteiger charge is 2.11. The molecule has 0 spiro atoms. The average Bonchev–Trinajstić information content (AvgIpc) is 2.63. The molecule has 0 unspecified atom stereocenters. The Hall–Kier alpha value is -2.57. The summed E-state index contributed by atoms with van der Waals surface area (Å²) < 4.78 is 0. The highest BCUT2D eigenvalue weighted by Crippen LogP contribution is 2.13. The second kappa shape index (κ2) is 16.9. The lowest BCUT2D eigenvalue weighted by Crippen LogP contribution is -2.00. The number of rotatable bonds is 16. The lowest BCUT2D eigenvalue weighted by Gasteiger charge is -1.99. The van der Waals surface area contributed by atoms with E-state index in [4.69, 9.17) is 0 Å². The third-order valence-corrected chi connectivity index (χ3v) is 3.81. The van der Waals surface area contributed by atoms with E-state index in [0.29, 0.717) is 19.3 Å². The standard InChI is InChI=1S/C20H29N2O5/c1-2-3-4-5-7-10-14-19(21(24)25)16-13-17-20(22(26)27)15-11-8-6-9-12-18-23/h3-4,7,10,16-17H,2,5-6,8-9,11-15H2,1H3/b4-3+,10-7+,19-16-,20-17-. The number of hydrogen-bond donors (Lipinski definition) is 0. The molecule has 0 fully saturated rings. The van der Waals surface area contributed by atoms with Crippen molar-refractivity contribution in [3.63, 3.8) is 0 Å². The van der Waals surface area contributed by atoms with Crippen LogP contribution in [0.5, 0.6) is 0 Å². The molecular formula is C20H29N2O5. The van der Waals surface area contributed by atoms with Gasteiger partial charge in [0.1, 0.15) is 0 Å². The minimum Gasteiger partial charge on any atom is -0.291 e. The minimum atomic E-state index is -0.448. The van der Waals surface area contributed by atoms with E-state index >= 15 is 0 Å². The molecule has 0 aliphatic heterocycles. The van der Waals surface area contributed by atoms with Gasteiger partial charge in [-0.05, 0) is 44.3 Å². The fraction of sp³-hybridized carbons (Fsp3) is 0.550. The molecule has 0 rings (SSSR count). The Balaban J connectivity index is 4.54. The zero-order valence-electron chi connectivity index (χ0n) is 16.0. The Morgan fingerprint density at radius 2 is 1.48 bits per heavy atom. The molecule has 0 atom stereocenters. The van der Waals surface area contributed by atoms with Crippen LogP contribution in [-0.4, -0.2) is 16.1 Å². The molecule has 0 bridgehead atoms. The number of unbranched alkanes of at least 4 members (excludes halogenated alkanes) is 4. The molecule has 0 aromatic rings. The van der Waals surface area contributed by atoms with Gasteiger partial charge < -0.3 is 0 Å². The third kappa shape index (κ3) is 14.3. The van der Waals surface area contributed by atoms with Crippen molar-refractivity contribution in [1.82, 2.24) is 0 Å². The summed E-state index contributed by atoms with van der Waals surface area (Å²) in [5.41, 5.74) is 0.117. The molecule has 0 aromatic heterocycles. The molecular weight excluding hydrogens is 348 g/mol. The van der Waals surface area contributed by atoms with Crippen LogP contribution in [0.2, 0.25) is 0 Å². The minimum absolute atomic E-state index is 0.0368. The Kier molecular flexibility index (Phi) is 15.3. The quantitative estimate of drug-likeness (QED) is 0.154. The van der Waals surface area contributed by atoms with Gasteiger partial charge in [-0.2, -0.15) is 0 Å². The van der Waals surface area contributed by atoms with Crippen LogP contribution in [0.3, 0.4) is 0 Å². The summed E-state index contributed by atoms with van der Waals surface area (Å²) in [6, 6.07) is 0. The largest absolute Gasteiger partial charge is 0.291 e.